The Bertz CT molecular complexity index is 893. The molecule has 2 aliphatic heterocycles. The number of carbonyl (C=O) groups is 2. The summed E-state index contributed by atoms with van der Waals surface area (Å²) in [6, 6.07) is 2.09. The summed E-state index contributed by atoms with van der Waals surface area (Å²) in [6.07, 6.45) is 3.20. The second kappa shape index (κ2) is 7.50. The van der Waals surface area contributed by atoms with Crippen LogP contribution in [0.25, 0.3) is 11.0 Å². The quantitative estimate of drug-likeness (QED) is 0.805. The number of hydrogen-bond donors (Lipinski definition) is 0. The van der Waals surface area contributed by atoms with E-state index in [1.54, 1.807) is 6.20 Å². The van der Waals surface area contributed by atoms with Crippen LogP contribution in [0.5, 0.6) is 0 Å². The highest BCUT2D eigenvalue weighted by molar-refractivity contribution is 5.98. The molecule has 0 aliphatic carbocycles. The highest BCUT2D eigenvalue weighted by Gasteiger charge is 2.32. The summed E-state index contributed by atoms with van der Waals surface area (Å²) in [6.45, 7) is 8.79. The second-order valence-electron chi connectivity index (χ2n) is 7.84. The number of hydrogen-bond acceptors (Lipinski definition) is 5. The minimum atomic E-state index is -0.298. The standard InChI is InChI=1S/C20H27N5O3/c1-13(2)25-18-15(12-21-25)11-16(14(3)22-18)19(26)23-6-8-24(9-7-23)20(27)17-5-4-10-28-17/h11-13,17H,4-10H2,1-3H3. The molecule has 2 saturated heterocycles. The Morgan fingerprint density at radius 3 is 2.54 bits per heavy atom. The highest BCUT2D eigenvalue weighted by Crippen LogP contribution is 2.21. The summed E-state index contributed by atoms with van der Waals surface area (Å²) in [4.78, 5) is 33.8. The molecule has 150 valence electrons. The van der Waals surface area contributed by atoms with E-state index < -0.39 is 0 Å². The lowest BCUT2D eigenvalue weighted by molar-refractivity contribution is -0.142. The predicted molar refractivity (Wildman–Crippen MR) is 104 cm³/mol. The summed E-state index contributed by atoms with van der Waals surface area (Å²) in [5.41, 5.74) is 2.11. The molecule has 2 amide bonds. The molecule has 2 aromatic rings. The fourth-order valence-electron chi connectivity index (χ4n) is 3.94. The van der Waals surface area contributed by atoms with Crippen molar-refractivity contribution in [3.8, 4) is 0 Å². The molecule has 28 heavy (non-hydrogen) atoms. The van der Waals surface area contributed by atoms with Crippen LogP contribution in [0, 0.1) is 6.92 Å². The lowest BCUT2D eigenvalue weighted by atomic mass is 10.1. The van der Waals surface area contributed by atoms with Gasteiger partial charge in [-0.1, -0.05) is 0 Å². The van der Waals surface area contributed by atoms with Gasteiger partial charge in [-0.2, -0.15) is 5.10 Å². The van der Waals surface area contributed by atoms with Crippen LogP contribution in [-0.4, -0.2) is 75.3 Å². The number of aryl methyl sites for hydroxylation is 1. The summed E-state index contributed by atoms with van der Waals surface area (Å²) in [5.74, 6) is 0.0263. The molecule has 2 aromatic heterocycles. The summed E-state index contributed by atoms with van der Waals surface area (Å²) >= 11 is 0. The highest BCUT2D eigenvalue weighted by atomic mass is 16.5. The van der Waals surface area contributed by atoms with E-state index >= 15 is 0 Å². The number of aromatic nitrogens is 3. The maximum absolute atomic E-state index is 13.1. The van der Waals surface area contributed by atoms with E-state index in [0.717, 1.165) is 23.9 Å². The van der Waals surface area contributed by atoms with Crippen molar-refractivity contribution in [3.05, 3.63) is 23.5 Å². The number of carbonyl (C=O) groups excluding carboxylic acids is 2. The Balaban J connectivity index is 1.46. The maximum Gasteiger partial charge on any atom is 0.255 e. The van der Waals surface area contributed by atoms with Crippen molar-refractivity contribution < 1.29 is 14.3 Å². The number of piperazine rings is 1. The molecule has 4 heterocycles. The van der Waals surface area contributed by atoms with Gasteiger partial charge in [-0.05, 0) is 39.7 Å². The van der Waals surface area contributed by atoms with Gasteiger partial charge in [-0.15, -0.1) is 0 Å². The molecule has 4 rings (SSSR count). The van der Waals surface area contributed by atoms with Crippen LogP contribution in [0.3, 0.4) is 0 Å². The third-order valence-corrected chi connectivity index (χ3v) is 5.56. The molecule has 2 fully saturated rings. The summed E-state index contributed by atoms with van der Waals surface area (Å²) in [7, 11) is 0. The molecule has 8 heteroatoms. The van der Waals surface area contributed by atoms with Crippen molar-refractivity contribution in [2.24, 2.45) is 0 Å². The first kappa shape index (κ1) is 18.9. The zero-order valence-electron chi connectivity index (χ0n) is 16.7. The minimum absolute atomic E-state index is 0.0339. The second-order valence-corrected chi connectivity index (χ2v) is 7.84. The van der Waals surface area contributed by atoms with Crippen molar-refractivity contribution in [2.75, 3.05) is 32.8 Å². The third-order valence-electron chi connectivity index (χ3n) is 5.56. The Kier molecular flexibility index (Phi) is 5.05. The van der Waals surface area contributed by atoms with Crippen LogP contribution >= 0.6 is 0 Å². The average molecular weight is 385 g/mol. The first-order chi connectivity index (χ1) is 13.5. The van der Waals surface area contributed by atoms with Crippen LogP contribution in [0.2, 0.25) is 0 Å². The molecular formula is C20H27N5O3. The Hall–Kier alpha value is -2.48. The topological polar surface area (TPSA) is 80.6 Å². The fraction of sp³-hybridized carbons (Fsp3) is 0.600. The molecule has 1 unspecified atom stereocenters. The van der Waals surface area contributed by atoms with Gasteiger partial charge in [0, 0.05) is 44.2 Å². The largest absolute Gasteiger partial charge is 0.368 e. The molecule has 0 spiro atoms. The molecule has 2 aliphatic rings. The third kappa shape index (κ3) is 3.37. The van der Waals surface area contributed by atoms with E-state index in [0.29, 0.717) is 44.0 Å². The Morgan fingerprint density at radius 2 is 1.89 bits per heavy atom. The average Bonchev–Trinajstić information content (AvgIpc) is 3.36. The normalized spacial score (nSPS) is 20.4. The van der Waals surface area contributed by atoms with Gasteiger partial charge in [-0.25, -0.2) is 9.67 Å². The molecule has 0 bridgehead atoms. The van der Waals surface area contributed by atoms with Gasteiger partial charge in [0.1, 0.15) is 6.10 Å². The number of nitrogens with zero attached hydrogens (tertiary/aromatic N) is 5. The smallest absolute Gasteiger partial charge is 0.255 e. The Morgan fingerprint density at radius 1 is 1.18 bits per heavy atom. The van der Waals surface area contributed by atoms with E-state index in [1.807, 2.05) is 27.5 Å². The first-order valence-electron chi connectivity index (χ1n) is 10.00. The summed E-state index contributed by atoms with van der Waals surface area (Å²) < 4.78 is 7.37. The van der Waals surface area contributed by atoms with Gasteiger partial charge >= 0.3 is 0 Å². The van der Waals surface area contributed by atoms with Crippen molar-refractivity contribution in [2.45, 2.75) is 45.8 Å². The van der Waals surface area contributed by atoms with E-state index in [4.69, 9.17) is 4.74 Å². The van der Waals surface area contributed by atoms with Gasteiger partial charge in [0.25, 0.3) is 11.8 Å². The number of amides is 2. The van der Waals surface area contributed by atoms with Crippen molar-refractivity contribution in [1.29, 1.82) is 0 Å². The Labute approximate surface area is 164 Å². The van der Waals surface area contributed by atoms with Crippen LogP contribution in [0.4, 0.5) is 0 Å². The van der Waals surface area contributed by atoms with Crippen molar-refractivity contribution >= 4 is 22.8 Å². The van der Waals surface area contributed by atoms with Gasteiger partial charge in [0.15, 0.2) is 5.65 Å². The van der Waals surface area contributed by atoms with Crippen LogP contribution in [0.15, 0.2) is 12.3 Å². The minimum Gasteiger partial charge on any atom is -0.368 e. The lowest BCUT2D eigenvalue weighted by Gasteiger charge is -2.36. The van der Waals surface area contributed by atoms with E-state index in [-0.39, 0.29) is 24.0 Å². The van der Waals surface area contributed by atoms with Gasteiger partial charge in [-0.3, -0.25) is 9.59 Å². The molecule has 1 atom stereocenters. The van der Waals surface area contributed by atoms with E-state index in [2.05, 4.69) is 23.9 Å². The summed E-state index contributed by atoms with van der Waals surface area (Å²) in [5, 5.41) is 5.26. The van der Waals surface area contributed by atoms with Crippen LogP contribution in [0.1, 0.15) is 48.8 Å². The van der Waals surface area contributed by atoms with Crippen molar-refractivity contribution in [1.82, 2.24) is 24.6 Å². The number of rotatable bonds is 3. The lowest BCUT2D eigenvalue weighted by Crippen LogP contribution is -2.52. The zero-order chi connectivity index (χ0) is 19.8. The number of fused-ring (bicyclic) bond motifs is 1. The monoisotopic (exact) mass is 385 g/mol. The van der Waals surface area contributed by atoms with Crippen LogP contribution < -0.4 is 0 Å². The first-order valence-corrected chi connectivity index (χ1v) is 10.00. The molecule has 0 aromatic carbocycles. The van der Waals surface area contributed by atoms with Crippen molar-refractivity contribution in [3.63, 3.8) is 0 Å². The predicted octanol–water partition coefficient (Wildman–Crippen LogP) is 1.78. The maximum atomic E-state index is 13.1. The van der Waals surface area contributed by atoms with Gasteiger partial charge < -0.3 is 14.5 Å². The molecule has 8 nitrogen and oxygen atoms in total. The molecule has 0 radical (unpaired) electrons. The number of ether oxygens (including phenoxy) is 1. The van der Waals surface area contributed by atoms with E-state index in [1.165, 1.54) is 0 Å². The molecular weight excluding hydrogens is 358 g/mol. The zero-order valence-corrected chi connectivity index (χ0v) is 16.7. The fourth-order valence-corrected chi connectivity index (χ4v) is 3.94. The van der Waals surface area contributed by atoms with Gasteiger partial charge in [0.05, 0.1) is 17.5 Å². The number of pyridine rings is 1. The van der Waals surface area contributed by atoms with Gasteiger partial charge in [0.2, 0.25) is 0 Å². The molecule has 0 N–H and O–H groups in total. The SMILES string of the molecule is Cc1nc2c(cnn2C(C)C)cc1C(=O)N1CCN(C(=O)C2CCCO2)CC1. The van der Waals surface area contributed by atoms with Crippen LogP contribution in [-0.2, 0) is 9.53 Å². The van der Waals surface area contributed by atoms with E-state index in [9.17, 15) is 9.59 Å². The molecule has 0 saturated carbocycles.